The largest absolute Gasteiger partial charge is 0.497 e. The fourth-order valence-corrected chi connectivity index (χ4v) is 2.78. The topological polar surface area (TPSA) is 53.1 Å². The second-order valence-electron chi connectivity index (χ2n) is 4.99. The molecule has 0 spiro atoms. The predicted molar refractivity (Wildman–Crippen MR) is 84.0 cm³/mol. The molecule has 5 heteroatoms. The summed E-state index contributed by atoms with van der Waals surface area (Å²) in [5.74, 6) is 0.868. The first kappa shape index (κ1) is 15.1. The van der Waals surface area contributed by atoms with E-state index in [0.29, 0.717) is 0 Å². The van der Waals surface area contributed by atoms with Gasteiger partial charge in [0, 0.05) is 19.5 Å². The lowest BCUT2D eigenvalue weighted by Crippen LogP contribution is -2.26. The predicted octanol–water partition coefficient (Wildman–Crippen LogP) is 2.61. The van der Waals surface area contributed by atoms with E-state index in [1.165, 1.54) is 5.56 Å². The first-order valence-electron chi connectivity index (χ1n) is 6.57. The van der Waals surface area contributed by atoms with Gasteiger partial charge in [-0.05, 0) is 47.0 Å². The van der Waals surface area contributed by atoms with Crippen molar-refractivity contribution in [1.29, 1.82) is 0 Å². The molecule has 1 unspecified atom stereocenters. The molecule has 1 atom stereocenters. The van der Waals surface area contributed by atoms with Crippen LogP contribution in [-0.4, -0.2) is 22.9 Å². The van der Waals surface area contributed by atoms with E-state index in [9.17, 15) is 0 Å². The average molecular weight is 338 g/mol. The molecule has 1 aromatic heterocycles. The number of hydrogen-bond donors (Lipinski definition) is 1. The number of rotatable bonds is 5. The number of ether oxygens (including phenoxy) is 1. The third-order valence-corrected chi connectivity index (χ3v) is 4.41. The van der Waals surface area contributed by atoms with Crippen molar-refractivity contribution in [3.63, 3.8) is 0 Å². The Labute approximate surface area is 128 Å². The van der Waals surface area contributed by atoms with Crippen molar-refractivity contribution >= 4 is 15.9 Å². The van der Waals surface area contributed by atoms with Gasteiger partial charge < -0.3 is 10.5 Å². The molecule has 0 aliphatic rings. The van der Waals surface area contributed by atoms with Crippen LogP contribution in [-0.2, 0) is 19.9 Å². The zero-order chi connectivity index (χ0) is 14.7. The molecule has 2 aromatic rings. The van der Waals surface area contributed by atoms with E-state index < -0.39 is 0 Å². The summed E-state index contributed by atoms with van der Waals surface area (Å²) in [5, 5.41) is 4.39. The van der Waals surface area contributed by atoms with Crippen LogP contribution in [0.1, 0.15) is 17.0 Å². The van der Waals surface area contributed by atoms with Crippen LogP contribution in [0.4, 0.5) is 0 Å². The zero-order valence-electron chi connectivity index (χ0n) is 12.1. The highest BCUT2D eigenvalue weighted by atomic mass is 79.9. The third kappa shape index (κ3) is 3.41. The lowest BCUT2D eigenvalue weighted by atomic mass is 10.0. The molecular formula is C15H20BrN3O. The monoisotopic (exact) mass is 337 g/mol. The Morgan fingerprint density at radius 1 is 1.30 bits per heavy atom. The van der Waals surface area contributed by atoms with Crippen LogP contribution in [0.2, 0.25) is 0 Å². The summed E-state index contributed by atoms with van der Waals surface area (Å²) in [5.41, 5.74) is 9.62. The fraction of sp³-hybridized carbons (Fsp3) is 0.400. The molecule has 4 nitrogen and oxygen atoms in total. The number of hydrogen-bond acceptors (Lipinski definition) is 3. The van der Waals surface area contributed by atoms with Gasteiger partial charge in [-0.25, -0.2) is 0 Å². The number of benzene rings is 1. The van der Waals surface area contributed by atoms with Gasteiger partial charge in [0.05, 0.1) is 23.0 Å². The highest BCUT2D eigenvalue weighted by molar-refractivity contribution is 9.10. The summed E-state index contributed by atoms with van der Waals surface area (Å²) >= 11 is 3.58. The van der Waals surface area contributed by atoms with Gasteiger partial charge in [0.15, 0.2) is 0 Å². The number of nitrogens with two attached hydrogens (primary N) is 1. The van der Waals surface area contributed by atoms with Crippen LogP contribution in [0.5, 0.6) is 5.75 Å². The van der Waals surface area contributed by atoms with E-state index in [-0.39, 0.29) is 6.04 Å². The van der Waals surface area contributed by atoms with Crippen molar-refractivity contribution in [3.8, 4) is 5.75 Å². The molecular weight excluding hydrogens is 318 g/mol. The molecule has 1 aromatic carbocycles. The van der Waals surface area contributed by atoms with Gasteiger partial charge in [-0.3, -0.25) is 4.68 Å². The maximum Gasteiger partial charge on any atom is 0.118 e. The molecule has 0 radical (unpaired) electrons. The van der Waals surface area contributed by atoms with E-state index in [4.69, 9.17) is 10.5 Å². The minimum atomic E-state index is 0.0643. The molecule has 0 aliphatic heterocycles. The lowest BCUT2D eigenvalue weighted by Gasteiger charge is -2.13. The molecule has 108 valence electrons. The number of nitrogens with zero attached hydrogens (tertiary/aromatic N) is 2. The first-order valence-corrected chi connectivity index (χ1v) is 7.37. The van der Waals surface area contributed by atoms with E-state index in [1.807, 2.05) is 30.8 Å². The van der Waals surface area contributed by atoms with Gasteiger partial charge in [-0.1, -0.05) is 12.1 Å². The summed E-state index contributed by atoms with van der Waals surface area (Å²) in [4.78, 5) is 0. The molecule has 0 bridgehead atoms. The molecule has 0 saturated heterocycles. The molecule has 0 saturated carbocycles. The van der Waals surface area contributed by atoms with Crippen LogP contribution in [0.3, 0.4) is 0 Å². The van der Waals surface area contributed by atoms with Crippen molar-refractivity contribution in [2.75, 3.05) is 7.11 Å². The van der Waals surface area contributed by atoms with E-state index in [1.54, 1.807) is 7.11 Å². The van der Waals surface area contributed by atoms with Gasteiger partial charge in [0.1, 0.15) is 5.75 Å². The lowest BCUT2D eigenvalue weighted by molar-refractivity contribution is 0.414. The summed E-state index contributed by atoms with van der Waals surface area (Å²) in [7, 11) is 3.62. The van der Waals surface area contributed by atoms with Crippen molar-refractivity contribution in [2.45, 2.75) is 25.8 Å². The number of aryl methyl sites for hydroxylation is 2. The Morgan fingerprint density at radius 2 is 1.95 bits per heavy atom. The highest BCUT2D eigenvalue weighted by Crippen LogP contribution is 2.22. The van der Waals surface area contributed by atoms with Gasteiger partial charge >= 0.3 is 0 Å². The summed E-state index contributed by atoms with van der Waals surface area (Å²) in [6.07, 6.45) is 1.63. The SMILES string of the molecule is COc1ccc(CC(N)Cc2c(Br)c(C)nn2C)cc1. The molecule has 0 fully saturated rings. The molecule has 2 N–H and O–H groups in total. The smallest absolute Gasteiger partial charge is 0.118 e. The van der Waals surface area contributed by atoms with Crippen LogP contribution >= 0.6 is 15.9 Å². The standard InChI is InChI=1S/C15H20BrN3O/c1-10-15(16)14(19(2)18-10)9-12(17)8-11-4-6-13(20-3)7-5-11/h4-7,12H,8-9,17H2,1-3H3. The normalized spacial score (nSPS) is 12.4. The Hall–Kier alpha value is -1.33. The van der Waals surface area contributed by atoms with E-state index in [2.05, 4.69) is 33.2 Å². The second kappa shape index (κ2) is 6.41. The number of aromatic nitrogens is 2. The Balaban J connectivity index is 2.02. The highest BCUT2D eigenvalue weighted by Gasteiger charge is 2.14. The van der Waals surface area contributed by atoms with Crippen LogP contribution < -0.4 is 10.5 Å². The Morgan fingerprint density at radius 3 is 2.45 bits per heavy atom. The van der Waals surface area contributed by atoms with Gasteiger partial charge in [-0.15, -0.1) is 0 Å². The number of methoxy groups -OCH3 is 1. The minimum absolute atomic E-state index is 0.0643. The number of halogens is 1. The van der Waals surface area contributed by atoms with Crippen molar-refractivity contribution < 1.29 is 4.74 Å². The third-order valence-electron chi connectivity index (χ3n) is 3.37. The van der Waals surface area contributed by atoms with Crippen molar-refractivity contribution in [1.82, 2.24) is 9.78 Å². The Kier molecular flexibility index (Phi) is 4.83. The van der Waals surface area contributed by atoms with Crippen LogP contribution in [0.15, 0.2) is 28.7 Å². The second-order valence-corrected chi connectivity index (χ2v) is 5.78. The van der Waals surface area contributed by atoms with Crippen molar-refractivity contribution in [3.05, 3.63) is 45.7 Å². The van der Waals surface area contributed by atoms with E-state index >= 15 is 0 Å². The van der Waals surface area contributed by atoms with Gasteiger partial charge in [-0.2, -0.15) is 5.10 Å². The van der Waals surface area contributed by atoms with Crippen LogP contribution in [0.25, 0.3) is 0 Å². The molecule has 0 amide bonds. The fourth-order valence-electron chi connectivity index (χ4n) is 2.29. The quantitative estimate of drug-likeness (QED) is 0.912. The summed E-state index contributed by atoms with van der Waals surface area (Å²) in [6, 6.07) is 8.11. The maximum absolute atomic E-state index is 6.26. The van der Waals surface area contributed by atoms with E-state index in [0.717, 1.165) is 34.5 Å². The average Bonchev–Trinajstić information content (AvgIpc) is 2.66. The van der Waals surface area contributed by atoms with Gasteiger partial charge in [0.25, 0.3) is 0 Å². The maximum atomic E-state index is 6.26. The zero-order valence-corrected chi connectivity index (χ0v) is 13.6. The molecule has 20 heavy (non-hydrogen) atoms. The Bertz CT molecular complexity index is 578. The van der Waals surface area contributed by atoms with Crippen molar-refractivity contribution in [2.24, 2.45) is 12.8 Å². The summed E-state index contributed by atoms with van der Waals surface area (Å²) in [6.45, 7) is 1.99. The molecule has 0 aliphatic carbocycles. The molecule has 2 rings (SSSR count). The van der Waals surface area contributed by atoms with Gasteiger partial charge in [0.2, 0.25) is 0 Å². The van der Waals surface area contributed by atoms with Crippen LogP contribution in [0, 0.1) is 6.92 Å². The first-order chi connectivity index (χ1) is 9.51. The minimum Gasteiger partial charge on any atom is -0.497 e. The summed E-state index contributed by atoms with van der Waals surface area (Å²) < 4.78 is 8.11. The molecule has 1 heterocycles.